The lowest BCUT2D eigenvalue weighted by Crippen LogP contribution is -2.61. The molecule has 326 valence electrons. The van der Waals surface area contributed by atoms with Crippen molar-refractivity contribution in [2.24, 2.45) is 0 Å². The Morgan fingerprint density at radius 3 is 1.60 bits per heavy atom. The van der Waals surface area contributed by atoms with Crippen molar-refractivity contribution < 1.29 is 4.42 Å². The van der Waals surface area contributed by atoms with E-state index in [2.05, 4.69) is 215 Å². The van der Waals surface area contributed by atoms with E-state index in [-0.39, 0.29) is 33.8 Å². The van der Waals surface area contributed by atoms with Gasteiger partial charge < -0.3 is 18.3 Å². The predicted octanol–water partition coefficient (Wildman–Crippen LogP) is 14.6. The normalized spacial score (nSPS) is 14.6. The third-order valence-electron chi connectivity index (χ3n) is 15.3. The quantitative estimate of drug-likeness (QED) is 0.154. The minimum absolute atomic E-state index is 0.00865. The molecule has 10 aromatic rings. The number of benzene rings is 6. The number of rotatable bonds is 1. The van der Waals surface area contributed by atoms with E-state index in [4.69, 9.17) is 4.42 Å². The minimum atomic E-state index is -0.0761. The summed E-state index contributed by atoms with van der Waals surface area (Å²) in [5, 5.41) is 6.41. The molecule has 0 aliphatic carbocycles. The van der Waals surface area contributed by atoms with Crippen LogP contribution in [0, 0.1) is 0 Å². The van der Waals surface area contributed by atoms with Crippen LogP contribution >= 0.6 is 0 Å². The van der Waals surface area contributed by atoms with Crippen LogP contribution in [0.2, 0.25) is 0 Å². The van der Waals surface area contributed by atoms with Gasteiger partial charge in [-0.1, -0.05) is 146 Å². The van der Waals surface area contributed by atoms with Crippen LogP contribution in [0.4, 0.5) is 17.1 Å². The molecular weight excluding hydrogens is 789 g/mol. The van der Waals surface area contributed by atoms with E-state index in [1.165, 1.54) is 116 Å². The molecule has 0 spiro atoms. The highest BCUT2D eigenvalue weighted by molar-refractivity contribution is 7.01. The van der Waals surface area contributed by atoms with Crippen LogP contribution in [0.3, 0.4) is 0 Å². The summed E-state index contributed by atoms with van der Waals surface area (Å²) in [5.74, 6) is 0. The Labute approximate surface area is 384 Å². The number of fused-ring (bicyclic) bond motifs is 15. The molecule has 2 aliphatic rings. The van der Waals surface area contributed by atoms with Crippen LogP contribution in [0.25, 0.3) is 65.8 Å². The second-order valence-electron chi connectivity index (χ2n) is 24.8. The molecule has 0 saturated heterocycles. The van der Waals surface area contributed by atoms with E-state index in [1.54, 1.807) is 0 Å². The van der Waals surface area contributed by atoms with E-state index in [0.29, 0.717) is 0 Å². The van der Waals surface area contributed by atoms with Gasteiger partial charge in [0.15, 0.2) is 5.58 Å². The van der Waals surface area contributed by atoms with Crippen molar-refractivity contribution in [3.63, 3.8) is 0 Å². The Balaban J connectivity index is 1.38. The van der Waals surface area contributed by atoms with Gasteiger partial charge in [0.2, 0.25) is 0 Å². The van der Waals surface area contributed by atoms with Gasteiger partial charge in [-0.05, 0) is 120 Å². The van der Waals surface area contributed by atoms with Crippen molar-refractivity contribution in [1.29, 1.82) is 0 Å². The van der Waals surface area contributed by atoms with E-state index in [9.17, 15) is 0 Å². The van der Waals surface area contributed by atoms with E-state index in [0.717, 1.165) is 11.1 Å². The maximum atomic E-state index is 6.77. The Morgan fingerprint density at radius 1 is 0.431 bits per heavy atom. The van der Waals surface area contributed by atoms with Crippen LogP contribution in [-0.4, -0.2) is 15.7 Å². The summed E-state index contributed by atoms with van der Waals surface area (Å²) in [7, 11) is 0. The third-order valence-corrected chi connectivity index (χ3v) is 15.3. The van der Waals surface area contributed by atoms with Gasteiger partial charge in [0.05, 0.1) is 45.1 Å². The largest absolute Gasteiger partial charge is 0.462 e. The number of hydrogen-bond acceptors (Lipinski definition) is 2. The molecule has 12 rings (SSSR count). The Kier molecular flexibility index (Phi) is 7.79. The van der Waals surface area contributed by atoms with Gasteiger partial charge in [-0.15, -0.1) is 0 Å². The van der Waals surface area contributed by atoms with Crippen LogP contribution in [-0.2, 0) is 27.1 Å². The molecule has 4 aromatic heterocycles. The smallest absolute Gasteiger partial charge is 0.252 e. The third kappa shape index (κ3) is 5.45. The van der Waals surface area contributed by atoms with Crippen molar-refractivity contribution >= 4 is 100 Å². The second kappa shape index (κ2) is 12.5. The zero-order chi connectivity index (χ0) is 45.8. The van der Waals surface area contributed by atoms with Gasteiger partial charge in [0.25, 0.3) is 6.71 Å². The second-order valence-corrected chi connectivity index (χ2v) is 24.8. The van der Waals surface area contributed by atoms with Gasteiger partial charge in [0.1, 0.15) is 0 Å². The molecule has 6 aromatic carbocycles. The van der Waals surface area contributed by atoms with Crippen LogP contribution in [0.1, 0.15) is 132 Å². The van der Waals surface area contributed by atoms with Crippen molar-refractivity contribution in [3.8, 4) is 5.69 Å². The van der Waals surface area contributed by atoms with Crippen LogP contribution < -0.4 is 21.3 Å². The minimum Gasteiger partial charge on any atom is -0.462 e. The number of nitrogens with zero attached hydrogens (tertiary/aromatic N) is 3. The van der Waals surface area contributed by atoms with Crippen molar-refractivity contribution in [3.05, 3.63) is 131 Å². The zero-order valence-corrected chi connectivity index (χ0v) is 41.1. The predicted molar refractivity (Wildman–Crippen MR) is 281 cm³/mol. The summed E-state index contributed by atoms with van der Waals surface area (Å²) in [6, 6.07) is 38.7. The highest BCUT2D eigenvalue weighted by atomic mass is 16.3. The molecule has 6 heterocycles. The number of aromatic nitrogens is 2. The first-order valence-electron chi connectivity index (χ1n) is 23.9. The van der Waals surface area contributed by atoms with E-state index < -0.39 is 0 Å². The summed E-state index contributed by atoms with van der Waals surface area (Å²) in [6.45, 7) is 35.1. The molecule has 4 nitrogen and oxygen atoms in total. The Hall–Kier alpha value is -5.94. The molecule has 2 aliphatic heterocycles. The van der Waals surface area contributed by atoms with Gasteiger partial charge in [-0.25, -0.2) is 0 Å². The topological polar surface area (TPSA) is 25.7 Å². The van der Waals surface area contributed by atoms with E-state index >= 15 is 0 Å². The van der Waals surface area contributed by atoms with Crippen molar-refractivity contribution in [2.75, 3.05) is 4.90 Å². The average Bonchev–Trinajstić information content (AvgIpc) is 3.98. The summed E-state index contributed by atoms with van der Waals surface area (Å²) >= 11 is 0. The lowest BCUT2D eigenvalue weighted by molar-refractivity contribution is 0.590. The molecule has 0 N–H and O–H groups in total. The summed E-state index contributed by atoms with van der Waals surface area (Å²) in [5.41, 5.74) is 22.7. The first-order chi connectivity index (χ1) is 30.4. The monoisotopic (exact) mass is 851 g/mol. The van der Waals surface area contributed by atoms with Crippen molar-refractivity contribution in [2.45, 2.75) is 131 Å². The van der Waals surface area contributed by atoms with Crippen LogP contribution in [0.5, 0.6) is 0 Å². The summed E-state index contributed by atoms with van der Waals surface area (Å²) in [4.78, 5) is 2.65. The maximum absolute atomic E-state index is 6.77. The first-order valence-corrected chi connectivity index (χ1v) is 23.9. The van der Waals surface area contributed by atoms with E-state index in [1.807, 2.05) is 6.26 Å². The molecule has 65 heavy (non-hydrogen) atoms. The fourth-order valence-corrected chi connectivity index (χ4v) is 11.6. The molecule has 0 amide bonds. The molecule has 0 atom stereocenters. The van der Waals surface area contributed by atoms with Gasteiger partial charge in [-0.2, -0.15) is 0 Å². The first kappa shape index (κ1) is 40.6. The Morgan fingerprint density at radius 2 is 0.969 bits per heavy atom. The SMILES string of the molecule is CC(C)(C)c1ccc(N2c3ccc(C(C)(C)C)cc3B3c4c2c2c5cc(C(C)(C)C)ccc5n5c6ccoc6c(c4-n4c6ccc(C(C)(C)C)cc6c6cc(C(C)(C)C)cc3c64)c25)cc1. The van der Waals surface area contributed by atoms with Crippen molar-refractivity contribution in [1.82, 2.24) is 8.97 Å². The lowest BCUT2D eigenvalue weighted by Gasteiger charge is -2.42. The maximum Gasteiger partial charge on any atom is 0.252 e. The highest BCUT2D eigenvalue weighted by Gasteiger charge is 2.47. The summed E-state index contributed by atoms with van der Waals surface area (Å²) < 4.78 is 12.0. The molecule has 0 fully saturated rings. The number of hydrogen-bond donors (Lipinski definition) is 0. The Bertz CT molecular complexity index is 3670. The number of furan rings is 1. The number of anilines is 3. The zero-order valence-electron chi connectivity index (χ0n) is 41.1. The summed E-state index contributed by atoms with van der Waals surface area (Å²) in [6.07, 6.45) is 1.90. The molecule has 0 saturated carbocycles. The average molecular weight is 852 g/mol. The van der Waals surface area contributed by atoms with Gasteiger partial charge in [0, 0.05) is 44.5 Å². The fourth-order valence-electron chi connectivity index (χ4n) is 11.6. The van der Waals surface area contributed by atoms with Crippen LogP contribution in [0.15, 0.2) is 108 Å². The lowest BCUT2D eigenvalue weighted by atomic mass is 9.33. The van der Waals surface area contributed by atoms with Gasteiger partial charge >= 0.3 is 0 Å². The fraction of sp³-hybridized carbons (Fsp3) is 0.333. The molecule has 5 heteroatoms. The molecular formula is C60H62BN3O. The standard InChI is InChI=1S/C60H62BN3O/c1-56(2,3)33-16-21-38(22-17-33)62-46-25-20-36(59(10,11)12)31-42(46)61-43-32-37(60(13,14)15)30-40-39-28-34(57(4,5)6)18-23-44(39)64(51(40)43)54-49-52-48(53(62)50(54)61)41-29-35(58(7,8)9)19-24-45(41)63(52)47-26-27-65-55(47)49/h16-32H,1-15H3. The van der Waals surface area contributed by atoms with Gasteiger partial charge in [-0.3, -0.25) is 0 Å². The molecule has 0 bridgehead atoms. The highest BCUT2D eigenvalue weighted by Crippen LogP contribution is 2.53. The molecule has 0 unspecified atom stereocenters. The molecule has 0 radical (unpaired) electrons.